The first kappa shape index (κ1) is 17.0. The molecule has 2 aliphatic rings. The molecule has 0 unspecified atom stereocenters. The number of guanidine groups is 1. The van der Waals surface area contributed by atoms with Gasteiger partial charge in [-0.1, -0.05) is 6.92 Å². The normalized spacial score (nSPS) is 22.1. The average molecular weight is 380 g/mol. The molecule has 0 aromatic rings. The van der Waals surface area contributed by atoms with Crippen LogP contribution >= 0.6 is 24.0 Å². The van der Waals surface area contributed by atoms with E-state index in [1.165, 1.54) is 51.7 Å². The van der Waals surface area contributed by atoms with Gasteiger partial charge >= 0.3 is 0 Å². The molecule has 112 valence electrons. The summed E-state index contributed by atoms with van der Waals surface area (Å²) >= 11 is 0. The Balaban J connectivity index is 0.00000180. The molecule has 0 bridgehead atoms. The van der Waals surface area contributed by atoms with Crippen LogP contribution in [0.3, 0.4) is 0 Å². The topological polar surface area (TPSA) is 44.9 Å². The molecule has 0 aromatic heterocycles. The molecule has 0 atom stereocenters. The molecule has 0 spiro atoms. The van der Waals surface area contributed by atoms with Gasteiger partial charge in [-0.3, -0.25) is 4.99 Å². The lowest BCUT2D eigenvalue weighted by molar-refractivity contribution is 0.188. The van der Waals surface area contributed by atoms with Crippen molar-refractivity contribution in [2.75, 3.05) is 33.2 Å². The number of likely N-dealkylation sites (tertiary alicyclic amines) is 1. The molecular weight excluding hydrogens is 351 g/mol. The number of rotatable bonds is 5. The van der Waals surface area contributed by atoms with Crippen LogP contribution in [0.2, 0.25) is 0 Å². The third kappa shape index (κ3) is 5.45. The lowest BCUT2D eigenvalue weighted by Crippen LogP contribution is -2.37. The van der Waals surface area contributed by atoms with Crippen LogP contribution in [0, 0.1) is 5.92 Å². The highest BCUT2D eigenvalue weighted by atomic mass is 127. The second-order valence-corrected chi connectivity index (χ2v) is 5.83. The Kier molecular flexibility index (Phi) is 7.42. The zero-order valence-electron chi connectivity index (χ0n) is 12.3. The highest BCUT2D eigenvalue weighted by Gasteiger charge is 2.27. The zero-order valence-corrected chi connectivity index (χ0v) is 14.7. The summed E-state index contributed by atoms with van der Waals surface area (Å²) in [6.45, 7) is 6.91. The Morgan fingerprint density at radius 1 is 1.26 bits per heavy atom. The van der Waals surface area contributed by atoms with Crippen molar-refractivity contribution in [1.82, 2.24) is 9.80 Å². The number of halogens is 1. The monoisotopic (exact) mass is 380 g/mol. The molecule has 1 saturated heterocycles. The first-order chi connectivity index (χ1) is 8.70. The predicted octanol–water partition coefficient (Wildman–Crippen LogP) is 2.14. The maximum atomic E-state index is 6.02. The summed E-state index contributed by atoms with van der Waals surface area (Å²) in [6.07, 6.45) is 6.39. The van der Waals surface area contributed by atoms with Crippen LogP contribution in [-0.2, 0) is 0 Å². The maximum absolute atomic E-state index is 6.02. The number of aliphatic imine (C=N–C) groups is 1. The van der Waals surface area contributed by atoms with Crippen molar-refractivity contribution in [2.24, 2.45) is 16.6 Å². The minimum atomic E-state index is 0. The van der Waals surface area contributed by atoms with Crippen molar-refractivity contribution in [2.45, 2.75) is 45.1 Å². The van der Waals surface area contributed by atoms with E-state index in [1.54, 1.807) is 0 Å². The predicted molar refractivity (Wildman–Crippen MR) is 92.1 cm³/mol. The number of piperidine rings is 1. The van der Waals surface area contributed by atoms with Crippen molar-refractivity contribution < 1.29 is 0 Å². The molecule has 1 aliphatic carbocycles. The van der Waals surface area contributed by atoms with Gasteiger partial charge in [-0.05, 0) is 57.7 Å². The summed E-state index contributed by atoms with van der Waals surface area (Å²) < 4.78 is 0. The Morgan fingerprint density at radius 3 is 2.42 bits per heavy atom. The van der Waals surface area contributed by atoms with Gasteiger partial charge < -0.3 is 15.5 Å². The number of hydrogen-bond acceptors (Lipinski definition) is 2. The fourth-order valence-corrected chi connectivity index (χ4v) is 2.69. The van der Waals surface area contributed by atoms with E-state index in [2.05, 4.69) is 28.8 Å². The molecule has 5 heteroatoms. The van der Waals surface area contributed by atoms with E-state index in [0.717, 1.165) is 18.4 Å². The van der Waals surface area contributed by atoms with Gasteiger partial charge in [-0.2, -0.15) is 0 Å². The first-order valence-electron chi connectivity index (χ1n) is 7.45. The lowest BCUT2D eigenvalue weighted by atomic mass is 9.97. The van der Waals surface area contributed by atoms with Crippen LogP contribution in [-0.4, -0.2) is 55.0 Å². The zero-order chi connectivity index (χ0) is 13.0. The van der Waals surface area contributed by atoms with E-state index in [9.17, 15) is 0 Å². The van der Waals surface area contributed by atoms with Crippen LogP contribution in [0.1, 0.15) is 39.0 Å². The Morgan fingerprint density at radius 2 is 1.89 bits per heavy atom. The maximum Gasteiger partial charge on any atom is 0.191 e. The third-order valence-electron chi connectivity index (χ3n) is 4.21. The minimum Gasteiger partial charge on any atom is -0.370 e. The summed E-state index contributed by atoms with van der Waals surface area (Å²) in [5.74, 6) is 1.48. The molecule has 0 aromatic carbocycles. The number of nitrogens with two attached hydrogens (primary N) is 1. The standard InChI is InChI=1S/C14H28N4.HI/c1-3-8-18-9-6-12(7-10-18)11-16-14(15)17(2)13-4-5-13;/h12-13H,3-11H2,1-2H3,(H2,15,16);1H. The number of nitrogens with zero attached hydrogens (tertiary/aromatic N) is 3. The van der Waals surface area contributed by atoms with Crippen molar-refractivity contribution >= 4 is 29.9 Å². The van der Waals surface area contributed by atoms with Crippen LogP contribution in [0.25, 0.3) is 0 Å². The quantitative estimate of drug-likeness (QED) is 0.452. The van der Waals surface area contributed by atoms with Crippen molar-refractivity contribution in [1.29, 1.82) is 0 Å². The summed E-state index contributed by atoms with van der Waals surface area (Å²) in [5, 5.41) is 0. The number of hydrogen-bond donors (Lipinski definition) is 1. The van der Waals surface area contributed by atoms with Gasteiger partial charge in [0.15, 0.2) is 5.96 Å². The van der Waals surface area contributed by atoms with E-state index >= 15 is 0 Å². The van der Waals surface area contributed by atoms with Crippen LogP contribution < -0.4 is 5.73 Å². The largest absolute Gasteiger partial charge is 0.370 e. The smallest absolute Gasteiger partial charge is 0.191 e. The third-order valence-corrected chi connectivity index (χ3v) is 4.21. The average Bonchev–Trinajstić information content (AvgIpc) is 3.21. The van der Waals surface area contributed by atoms with Gasteiger partial charge in [0.2, 0.25) is 0 Å². The second-order valence-electron chi connectivity index (χ2n) is 5.83. The molecule has 1 heterocycles. The SMILES string of the molecule is CCCN1CCC(CN=C(N)N(C)C2CC2)CC1.I. The fourth-order valence-electron chi connectivity index (χ4n) is 2.69. The molecule has 19 heavy (non-hydrogen) atoms. The van der Waals surface area contributed by atoms with Crippen molar-refractivity contribution in [3.05, 3.63) is 0 Å². The van der Waals surface area contributed by atoms with E-state index in [1.807, 2.05) is 0 Å². The molecule has 0 radical (unpaired) electrons. The van der Waals surface area contributed by atoms with E-state index in [4.69, 9.17) is 5.73 Å². The Hall–Kier alpha value is -0.0400. The summed E-state index contributed by atoms with van der Waals surface area (Å²) in [7, 11) is 2.07. The first-order valence-corrected chi connectivity index (χ1v) is 7.45. The highest BCUT2D eigenvalue weighted by molar-refractivity contribution is 14.0. The molecule has 2 N–H and O–H groups in total. The highest BCUT2D eigenvalue weighted by Crippen LogP contribution is 2.25. The van der Waals surface area contributed by atoms with E-state index in [0.29, 0.717) is 6.04 Å². The van der Waals surface area contributed by atoms with Gasteiger partial charge in [0.1, 0.15) is 0 Å². The molecule has 1 aliphatic heterocycles. The lowest BCUT2D eigenvalue weighted by Gasteiger charge is -2.31. The fraction of sp³-hybridized carbons (Fsp3) is 0.929. The molecular formula is C14H29IN4. The van der Waals surface area contributed by atoms with Gasteiger partial charge in [0.05, 0.1) is 0 Å². The second kappa shape index (κ2) is 8.29. The van der Waals surface area contributed by atoms with Crippen molar-refractivity contribution in [3.63, 3.8) is 0 Å². The van der Waals surface area contributed by atoms with Gasteiger partial charge in [-0.25, -0.2) is 0 Å². The van der Waals surface area contributed by atoms with Gasteiger partial charge in [0, 0.05) is 19.6 Å². The molecule has 2 rings (SSSR count). The van der Waals surface area contributed by atoms with Gasteiger partial charge in [-0.15, -0.1) is 24.0 Å². The Bertz CT molecular complexity index is 283. The van der Waals surface area contributed by atoms with Crippen LogP contribution in [0.4, 0.5) is 0 Å². The Labute approximate surface area is 134 Å². The minimum absolute atomic E-state index is 0. The van der Waals surface area contributed by atoms with Crippen LogP contribution in [0.5, 0.6) is 0 Å². The summed E-state index contributed by atoms with van der Waals surface area (Å²) in [4.78, 5) is 9.30. The van der Waals surface area contributed by atoms with Gasteiger partial charge in [0.25, 0.3) is 0 Å². The van der Waals surface area contributed by atoms with E-state index < -0.39 is 0 Å². The van der Waals surface area contributed by atoms with Crippen LogP contribution in [0.15, 0.2) is 4.99 Å². The summed E-state index contributed by atoms with van der Waals surface area (Å²) in [5.41, 5.74) is 6.02. The molecule has 0 amide bonds. The van der Waals surface area contributed by atoms with E-state index in [-0.39, 0.29) is 24.0 Å². The van der Waals surface area contributed by atoms with Crippen molar-refractivity contribution in [3.8, 4) is 0 Å². The molecule has 1 saturated carbocycles. The molecule has 2 fully saturated rings. The summed E-state index contributed by atoms with van der Waals surface area (Å²) in [6, 6.07) is 0.667. The molecule has 4 nitrogen and oxygen atoms in total.